The normalized spacial score (nSPS) is 13.4. The van der Waals surface area contributed by atoms with Crippen molar-refractivity contribution < 1.29 is 9.59 Å². The highest BCUT2D eigenvalue weighted by Crippen LogP contribution is 2.27. The molecular formula is C17H17N5O2. The second-order valence-electron chi connectivity index (χ2n) is 5.44. The lowest BCUT2D eigenvalue weighted by atomic mass is 10.0. The number of amidine groups is 1. The van der Waals surface area contributed by atoms with Gasteiger partial charge in [0.05, 0.1) is 0 Å². The van der Waals surface area contributed by atoms with Crippen molar-refractivity contribution in [1.82, 2.24) is 9.99 Å². The Bertz CT molecular complexity index is 791. The Morgan fingerprint density at radius 1 is 1.21 bits per heavy atom. The quantitative estimate of drug-likeness (QED) is 0.290. The third kappa shape index (κ3) is 3.02. The van der Waals surface area contributed by atoms with Crippen molar-refractivity contribution in [3.8, 4) is 0 Å². The van der Waals surface area contributed by atoms with Crippen molar-refractivity contribution >= 4 is 23.3 Å². The Balaban J connectivity index is 1.77. The molecule has 24 heavy (non-hydrogen) atoms. The van der Waals surface area contributed by atoms with E-state index in [4.69, 9.17) is 11.3 Å². The second-order valence-corrected chi connectivity index (χ2v) is 5.44. The summed E-state index contributed by atoms with van der Waals surface area (Å²) in [5.41, 5.74) is 2.03. The first-order chi connectivity index (χ1) is 11.6. The number of amides is 2. The first-order valence-electron chi connectivity index (χ1n) is 7.54. The molecule has 7 heteroatoms. The fraction of sp³-hybridized carbons (Fsp3) is 0.176. The topological polar surface area (TPSA) is 103 Å². The van der Waals surface area contributed by atoms with E-state index in [1.165, 1.54) is 11.1 Å². The Morgan fingerprint density at radius 3 is 2.71 bits per heavy atom. The molecule has 3 N–H and O–H groups in total. The predicted molar refractivity (Wildman–Crippen MR) is 89.2 cm³/mol. The fourth-order valence-corrected chi connectivity index (χ4v) is 2.63. The smallest absolute Gasteiger partial charge is 0.262 e. The molecule has 2 aromatic rings. The number of nitrogens with one attached hydrogen (secondary N) is 1. The van der Waals surface area contributed by atoms with Gasteiger partial charge in [0.15, 0.2) is 5.84 Å². The molecule has 3 rings (SSSR count). The molecule has 7 nitrogen and oxygen atoms in total. The van der Waals surface area contributed by atoms with Crippen molar-refractivity contribution in [3.63, 3.8) is 0 Å². The van der Waals surface area contributed by atoms with Crippen molar-refractivity contribution in [3.05, 3.63) is 59.9 Å². The van der Waals surface area contributed by atoms with Gasteiger partial charge in [0.1, 0.15) is 12.2 Å². The van der Waals surface area contributed by atoms with Gasteiger partial charge in [-0.25, -0.2) is 10.9 Å². The van der Waals surface area contributed by atoms with Gasteiger partial charge in [0.2, 0.25) is 5.91 Å². The van der Waals surface area contributed by atoms with E-state index in [1.54, 1.807) is 18.2 Å². The molecule has 2 heterocycles. The molecule has 0 radical (unpaired) electrons. The van der Waals surface area contributed by atoms with E-state index >= 15 is 0 Å². The highest BCUT2D eigenvalue weighted by atomic mass is 16.2. The molecule has 0 aliphatic carbocycles. The number of carbonyl (C=O) groups is 2. The monoisotopic (exact) mass is 323 g/mol. The van der Waals surface area contributed by atoms with E-state index in [-0.39, 0.29) is 18.3 Å². The summed E-state index contributed by atoms with van der Waals surface area (Å²) in [6.45, 7) is -0.207. The fourth-order valence-electron chi connectivity index (χ4n) is 2.63. The zero-order chi connectivity index (χ0) is 17.1. The third-order valence-corrected chi connectivity index (χ3v) is 3.90. The molecule has 1 aliphatic heterocycles. The van der Waals surface area contributed by atoms with Gasteiger partial charge >= 0.3 is 0 Å². The van der Waals surface area contributed by atoms with Gasteiger partial charge in [0, 0.05) is 18.3 Å². The van der Waals surface area contributed by atoms with Gasteiger partial charge in [0.25, 0.3) is 5.91 Å². The van der Waals surface area contributed by atoms with Crippen LogP contribution in [0.3, 0.4) is 0 Å². The maximum atomic E-state index is 12.4. The Morgan fingerprint density at radius 2 is 1.96 bits per heavy atom. The lowest BCUT2D eigenvalue weighted by Crippen LogP contribution is -2.50. The van der Waals surface area contributed by atoms with Crippen molar-refractivity contribution in [2.75, 3.05) is 11.4 Å². The number of hydrogen-bond donors (Lipinski definition) is 2. The molecule has 0 atom stereocenters. The largest absolute Gasteiger partial charge is 0.303 e. The van der Waals surface area contributed by atoms with Crippen molar-refractivity contribution in [2.24, 2.45) is 5.84 Å². The zero-order valence-electron chi connectivity index (χ0n) is 13.0. The number of fused-ring (bicyclic) bond motifs is 1. The molecule has 0 unspecified atom stereocenters. The van der Waals surface area contributed by atoms with E-state index in [0.717, 1.165) is 16.3 Å². The first kappa shape index (κ1) is 15.8. The molecule has 0 saturated heterocycles. The van der Waals surface area contributed by atoms with Crippen LogP contribution in [0.25, 0.3) is 0 Å². The van der Waals surface area contributed by atoms with Crippen LogP contribution in [0, 0.1) is 5.41 Å². The minimum absolute atomic E-state index is 0.125. The van der Waals surface area contributed by atoms with Crippen LogP contribution in [-0.4, -0.2) is 34.2 Å². The highest BCUT2D eigenvalue weighted by Gasteiger charge is 2.28. The summed E-state index contributed by atoms with van der Waals surface area (Å²) in [6.07, 6.45) is 2.54. The van der Waals surface area contributed by atoms with Crippen molar-refractivity contribution in [2.45, 2.75) is 12.8 Å². The molecule has 1 aliphatic rings. The summed E-state index contributed by atoms with van der Waals surface area (Å²) in [7, 11) is 0. The maximum absolute atomic E-state index is 12.4. The molecule has 0 saturated carbocycles. The minimum atomic E-state index is -0.546. The summed E-state index contributed by atoms with van der Waals surface area (Å²) in [6, 6.07) is 12.5. The molecule has 1 aromatic heterocycles. The number of benzene rings is 1. The number of pyridine rings is 1. The van der Waals surface area contributed by atoms with E-state index in [2.05, 4.69) is 4.98 Å². The summed E-state index contributed by atoms with van der Waals surface area (Å²) < 4.78 is 0. The summed E-state index contributed by atoms with van der Waals surface area (Å²) in [5, 5.41) is 8.72. The summed E-state index contributed by atoms with van der Waals surface area (Å²) in [5.74, 6) is 4.88. The van der Waals surface area contributed by atoms with Crippen LogP contribution in [-0.2, 0) is 16.0 Å². The number of hydrogen-bond acceptors (Lipinski definition) is 5. The van der Waals surface area contributed by atoms with Crippen LogP contribution >= 0.6 is 0 Å². The van der Waals surface area contributed by atoms with Crippen LogP contribution in [0.5, 0.6) is 0 Å². The van der Waals surface area contributed by atoms with E-state index < -0.39 is 5.91 Å². The molecular weight excluding hydrogens is 306 g/mol. The van der Waals surface area contributed by atoms with Gasteiger partial charge in [-0.2, -0.15) is 0 Å². The number of hydrazine groups is 1. The number of carbonyl (C=O) groups excluding carboxylic acids is 2. The van der Waals surface area contributed by atoms with Crippen LogP contribution in [0.1, 0.15) is 17.7 Å². The van der Waals surface area contributed by atoms with Crippen LogP contribution in [0.2, 0.25) is 0 Å². The van der Waals surface area contributed by atoms with Crippen LogP contribution in [0.15, 0.2) is 48.7 Å². The Hall–Kier alpha value is -3.06. The molecule has 0 spiro atoms. The number of nitrogens with zero attached hydrogens (tertiary/aromatic N) is 3. The zero-order valence-corrected chi connectivity index (χ0v) is 13.0. The van der Waals surface area contributed by atoms with E-state index in [0.29, 0.717) is 18.5 Å². The predicted octanol–water partition coefficient (Wildman–Crippen LogP) is 1.09. The minimum Gasteiger partial charge on any atom is -0.303 e. The molecule has 0 fully saturated rings. The Kier molecular flexibility index (Phi) is 4.35. The number of rotatable bonds is 3. The average Bonchev–Trinajstić information content (AvgIpc) is 2.63. The van der Waals surface area contributed by atoms with Crippen molar-refractivity contribution in [1.29, 1.82) is 5.41 Å². The standard InChI is InChI=1S/C17H17N5O2/c18-17(13-6-3-4-10-20-13)22(19)16(24)11-21-14-7-2-1-5-12(14)8-9-15(21)23/h1-7,10,18H,8-9,11,19H2. The van der Waals surface area contributed by atoms with Crippen LogP contribution < -0.4 is 10.7 Å². The maximum Gasteiger partial charge on any atom is 0.262 e. The van der Waals surface area contributed by atoms with Gasteiger partial charge in [-0.05, 0) is 30.2 Å². The summed E-state index contributed by atoms with van der Waals surface area (Å²) in [4.78, 5) is 30.0. The molecule has 122 valence electrons. The number of nitrogens with two attached hydrogens (primary N) is 1. The number of anilines is 1. The Labute approximate surface area is 139 Å². The molecule has 2 amide bonds. The molecule has 0 bridgehead atoms. The number of aryl methyl sites for hydroxylation is 1. The first-order valence-corrected chi connectivity index (χ1v) is 7.54. The highest BCUT2D eigenvalue weighted by molar-refractivity contribution is 6.08. The SMILES string of the molecule is N=C(c1ccccn1)N(N)C(=O)CN1C(=O)CCc2ccccc21. The van der Waals surface area contributed by atoms with E-state index in [9.17, 15) is 9.59 Å². The average molecular weight is 323 g/mol. The van der Waals surface area contributed by atoms with Gasteiger partial charge in [-0.15, -0.1) is 0 Å². The van der Waals surface area contributed by atoms with Gasteiger partial charge < -0.3 is 4.90 Å². The number of aromatic nitrogens is 1. The second kappa shape index (κ2) is 6.59. The molecule has 1 aromatic carbocycles. The van der Waals surface area contributed by atoms with E-state index in [1.807, 2.05) is 24.3 Å². The van der Waals surface area contributed by atoms with Gasteiger partial charge in [-0.1, -0.05) is 24.3 Å². The lowest BCUT2D eigenvalue weighted by Gasteiger charge is -2.30. The van der Waals surface area contributed by atoms with Gasteiger partial charge in [-0.3, -0.25) is 20.0 Å². The number of para-hydroxylation sites is 1. The van der Waals surface area contributed by atoms with Crippen LogP contribution in [0.4, 0.5) is 5.69 Å². The lowest BCUT2D eigenvalue weighted by molar-refractivity contribution is -0.128. The summed E-state index contributed by atoms with van der Waals surface area (Å²) >= 11 is 0. The third-order valence-electron chi connectivity index (χ3n) is 3.90.